The first-order chi connectivity index (χ1) is 8.02. The van der Waals surface area contributed by atoms with Crippen LogP contribution in [0.3, 0.4) is 0 Å². The third-order valence-corrected chi connectivity index (χ3v) is 3.49. The Labute approximate surface area is 105 Å². The van der Waals surface area contributed by atoms with E-state index < -0.39 is 5.60 Å². The van der Waals surface area contributed by atoms with Crippen LogP contribution in [0.25, 0.3) is 0 Å². The van der Waals surface area contributed by atoms with E-state index in [1.807, 2.05) is 0 Å². The lowest BCUT2D eigenvalue weighted by molar-refractivity contribution is -0.0300. The van der Waals surface area contributed by atoms with Crippen molar-refractivity contribution in [1.29, 1.82) is 0 Å². The maximum absolute atomic E-state index is 11.8. The molecule has 0 radical (unpaired) electrons. The number of hydrogen-bond donors (Lipinski definition) is 3. The quantitative estimate of drug-likeness (QED) is 0.717. The molecule has 0 heterocycles. The largest absolute Gasteiger partial charge is 0.397 e. The van der Waals surface area contributed by atoms with E-state index in [1.54, 1.807) is 18.2 Å². The van der Waals surface area contributed by atoms with Crippen molar-refractivity contribution in [3.05, 3.63) is 28.8 Å². The lowest BCUT2D eigenvalue weighted by Crippen LogP contribution is -2.47. The Bertz CT molecular complexity index is 444. The monoisotopic (exact) mass is 254 g/mol. The van der Waals surface area contributed by atoms with Gasteiger partial charge in [-0.05, 0) is 31.4 Å². The lowest BCUT2D eigenvalue weighted by Gasteiger charge is -2.36. The van der Waals surface area contributed by atoms with Gasteiger partial charge >= 0.3 is 0 Å². The van der Waals surface area contributed by atoms with Crippen molar-refractivity contribution in [3.8, 4) is 0 Å². The van der Waals surface area contributed by atoms with Gasteiger partial charge in [0.15, 0.2) is 0 Å². The van der Waals surface area contributed by atoms with Crippen LogP contribution in [-0.2, 0) is 0 Å². The van der Waals surface area contributed by atoms with Gasteiger partial charge in [-0.3, -0.25) is 4.79 Å². The summed E-state index contributed by atoms with van der Waals surface area (Å²) in [6.07, 6.45) is 2.47. The molecule has 17 heavy (non-hydrogen) atoms. The molecule has 0 saturated heterocycles. The van der Waals surface area contributed by atoms with Crippen molar-refractivity contribution in [2.75, 3.05) is 12.3 Å². The zero-order valence-electron chi connectivity index (χ0n) is 9.37. The fraction of sp³-hybridized carbons (Fsp3) is 0.417. The van der Waals surface area contributed by atoms with Crippen LogP contribution in [0.5, 0.6) is 0 Å². The number of anilines is 1. The molecule has 4 nitrogen and oxygen atoms in total. The van der Waals surface area contributed by atoms with Gasteiger partial charge in [-0.25, -0.2) is 0 Å². The molecule has 1 aromatic rings. The first kappa shape index (κ1) is 12.2. The Hall–Kier alpha value is -1.26. The third kappa shape index (κ3) is 2.53. The predicted octanol–water partition coefficient (Wildman–Crippen LogP) is 1.57. The van der Waals surface area contributed by atoms with E-state index in [1.165, 1.54) is 0 Å². The molecule has 0 bridgehead atoms. The smallest absolute Gasteiger partial charge is 0.253 e. The van der Waals surface area contributed by atoms with E-state index in [2.05, 4.69) is 5.32 Å². The number of nitrogens with two attached hydrogens (primary N) is 1. The van der Waals surface area contributed by atoms with Gasteiger partial charge in [0.25, 0.3) is 5.91 Å². The molecule has 0 unspecified atom stereocenters. The van der Waals surface area contributed by atoms with E-state index in [0.717, 1.165) is 19.3 Å². The Kier molecular flexibility index (Phi) is 3.26. The van der Waals surface area contributed by atoms with Gasteiger partial charge in [0.2, 0.25) is 0 Å². The number of halogens is 1. The van der Waals surface area contributed by atoms with Crippen molar-refractivity contribution >= 4 is 23.2 Å². The van der Waals surface area contributed by atoms with Crippen LogP contribution < -0.4 is 11.1 Å². The molecule has 0 atom stereocenters. The highest BCUT2D eigenvalue weighted by molar-refractivity contribution is 6.33. The van der Waals surface area contributed by atoms with E-state index in [9.17, 15) is 9.90 Å². The molecular formula is C12H15ClN2O2. The average Bonchev–Trinajstić information content (AvgIpc) is 2.27. The van der Waals surface area contributed by atoms with E-state index in [-0.39, 0.29) is 18.1 Å². The Morgan fingerprint density at radius 1 is 1.53 bits per heavy atom. The molecule has 1 amide bonds. The van der Waals surface area contributed by atoms with Gasteiger partial charge in [0.05, 0.1) is 21.9 Å². The van der Waals surface area contributed by atoms with Gasteiger partial charge in [0.1, 0.15) is 0 Å². The first-order valence-electron chi connectivity index (χ1n) is 5.56. The summed E-state index contributed by atoms with van der Waals surface area (Å²) in [5, 5.41) is 12.9. The average molecular weight is 255 g/mol. The fourth-order valence-electron chi connectivity index (χ4n) is 1.84. The molecule has 1 aliphatic carbocycles. The summed E-state index contributed by atoms with van der Waals surface area (Å²) < 4.78 is 0. The molecule has 1 aromatic carbocycles. The van der Waals surface area contributed by atoms with Crippen LogP contribution in [0.1, 0.15) is 29.6 Å². The number of para-hydroxylation sites is 1. The number of nitrogens with one attached hydrogen (secondary N) is 1. The molecule has 92 valence electrons. The Balaban J connectivity index is 2.02. The normalized spacial score (nSPS) is 17.3. The van der Waals surface area contributed by atoms with Crippen LogP contribution in [-0.4, -0.2) is 23.2 Å². The lowest BCUT2D eigenvalue weighted by atomic mass is 9.80. The number of aliphatic hydroxyl groups is 1. The minimum absolute atomic E-state index is 0.262. The van der Waals surface area contributed by atoms with Crippen molar-refractivity contribution < 1.29 is 9.90 Å². The standard InChI is InChI=1S/C12H15ClN2O2/c13-9-4-1-3-8(10(9)14)11(16)15-7-12(17)5-2-6-12/h1,3-4,17H,2,5-7,14H2,(H,15,16). The van der Waals surface area contributed by atoms with Crippen LogP contribution in [0.2, 0.25) is 5.02 Å². The number of carbonyl (C=O) groups excluding carboxylic acids is 1. The molecule has 0 spiro atoms. The summed E-state index contributed by atoms with van der Waals surface area (Å²) in [6, 6.07) is 4.92. The first-order valence-corrected chi connectivity index (χ1v) is 5.94. The minimum Gasteiger partial charge on any atom is -0.397 e. The van der Waals surface area contributed by atoms with E-state index in [0.29, 0.717) is 10.6 Å². The van der Waals surface area contributed by atoms with Crippen molar-refractivity contribution in [3.63, 3.8) is 0 Å². The molecular weight excluding hydrogens is 240 g/mol. The fourth-order valence-corrected chi connectivity index (χ4v) is 2.01. The van der Waals surface area contributed by atoms with E-state index in [4.69, 9.17) is 17.3 Å². The number of carbonyl (C=O) groups is 1. The predicted molar refractivity (Wildman–Crippen MR) is 67.0 cm³/mol. The summed E-state index contributed by atoms with van der Waals surface area (Å²) >= 11 is 5.83. The molecule has 5 heteroatoms. The van der Waals surface area contributed by atoms with Gasteiger partial charge in [-0.2, -0.15) is 0 Å². The van der Waals surface area contributed by atoms with Gasteiger partial charge in [-0.1, -0.05) is 17.7 Å². The summed E-state index contributed by atoms with van der Waals surface area (Å²) in [4.78, 5) is 11.8. The maximum Gasteiger partial charge on any atom is 0.253 e. The summed E-state index contributed by atoms with van der Waals surface area (Å²) in [7, 11) is 0. The minimum atomic E-state index is -0.733. The summed E-state index contributed by atoms with van der Waals surface area (Å²) in [5.74, 6) is -0.301. The van der Waals surface area contributed by atoms with Crippen molar-refractivity contribution in [2.45, 2.75) is 24.9 Å². The zero-order chi connectivity index (χ0) is 12.5. The van der Waals surface area contributed by atoms with E-state index >= 15 is 0 Å². The topological polar surface area (TPSA) is 75.4 Å². The Morgan fingerprint density at radius 3 is 2.82 bits per heavy atom. The molecule has 2 rings (SSSR count). The number of hydrogen-bond acceptors (Lipinski definition) is 3. The third-order valence-electron chi connectivity index (χ3n) is 3.16. The highest BCUT2D eigenvalue weighted by atomic mass is 35.5. The maximum atomic E-state index is 11.8. The highest BCUT2D eigenvalue weighted by Crippen LogP contribution is 2.30. The van der Waals surface area contributed by atoms with Gasteiger partial charge < -0.3 is 16.2 Å². The molecule has 4 N–H and O–H groups in total. The number of nitrogen functional groups attached to an aromatic ring is 1. The van der Waals surface area contributed by atoms with Crippen LogP contribution >= 0.6 is 11.6 Å². The summed E-state index contributed by atoms with van der Waals surface area (Å²) in [5.41, 5.74) is 5.60. The SMILES string of the molecule is Nc1c(Cl)cccc1C(=O)NCC1(O)CCC1. The molecule has 1 aliphatic rings. The second kappa shape index (κ2) is 4.55. The number of benzene rings is 1. The molecule has 1 fully saturated rings. The summed E-state index contributed by atoms with van der Waals surface area (Å²) in [6.45, 7) is 0.262. The number of amides is 1. The highest BCUT2D eigenvalue weighted by Gasteiger charge is 2.34. The van der Waals surface area contributed by atoms with Crippen LogP contribution in [0.4, 0.5) is 5.69 Å². The number of rotatable bonds is 3. The van der Waals surface area contributed by atoms with Gasteiger partial charge in [0, 0.05) is 6.54 Å². The van der Waals surface area contributed by atoms with Crippen LogP contribution in [0, 0.1) is 0 Å². The zero-order valence-corrected chi connectivity index (χ0v) is 10.1. The Morgan fingerprint density at radius 2 is 2.24 bits per heavy atom. The van der Waals surface area contributed by atoms with Crippen LogP contribution in [0.15, 0.2) is 18.2 Å². The van der Waals surface area contributed by atoms with Crippen molar-refractivity contribution in [1.82, 2.24) is 5.32 Å². The second-order valence-corrected chi connectivity index (χ2v) is 4.87. The van der Waals surface area contributed by atoms with Crippen molar-refractivity contribution in [2.24, 2.45) is 0 Å². The molecule has 0 aromatic heterocycles. The molecule has 0 aliphatic heterocycles. The molecule has 1 saturated carbocycles. The van der Waals surface area contributed by atoms with Gasteiger partial charge in [-0.15, -0.1) is 0 Å². The second-order valence-electron chi connectivity index (χ2n) is 4.46.